The number of hydrogen-bond donors (Lipinski definition) is 2. The van der Waals surface area contributed by atoms with E-state index in [0.717, 1.165) is 11.3 Å². The molecule has 1 aliphatic carbocycles. The summed E-state index contributed by atoms with van der Waals surface area (Å²) in [6, 6.07) is 16.8. The maximum absolute atomic E-state index is 13.7. The first kappa shape index (κ1) is 30.1. The van der Waals surface area contributed by atoms with Gasteiger partial charge in [-0.25, -0.2) is 0 Å². The molecule has 3 N–H and O–H groups in total. The number of Topliss-reactive ketones (excluding diaryl/α,β-unsaturated/α-hetero) is 1. The molecule has 2 aliphatic rings. The number of rotatable bonds is 9. The number of nitrogens with one attached hydrogen (secondary N) is 1. The number of hydrogen-bond acceptors (Lipinski definition) is 11. The third-order valence-electron chi connectivity index (χ3n) is 7.17. The number of ketones is 1. The van der Waals surface area contributed by atoms with Crippen LogP contribution in [0.1, 0.15) is 45.1 Å². The summed E-state index contributed by atoms with van der Waals surface area (Å²) in [5, 5.41) is 22.3. The number of nitriles is 1. The number of amides is 1. The van der Waals surface area contributed by atoms with Gasteiger partial charge in [0, 0.05) is 23.4 Å². The molecule has 1 amide bonds. The Hall–Kier alpha value is -4.34. The van der Waals surface area contributed by atoms with Crippen LogP contribution in [0, 0.1) is 16.7 Å². The maximum Gasteiger partial charge on any atom is 0.234 e. The number of allylic oxidation sites excluding steroid dienone is 3. The highest BCUT2D eigenvalue weighted by Gasteiger charge is 2.45. The number of ether oxygens (including phenoxy) is 2. The Bertz CT molecular complexity index is 1650. The monoisotopic (exact) mass is 616 g/mol. The van der Waals surface area contributed by atoms with Gasteiger partial charge in [-0.15, -0.1) is 10.2 Å². The van der Waals surface area contributed by atoms with Crippen LogP contribution in [0.5, 0.6) is 11.5 Å². The molecular weight excluding hydrogens is 585 g/mol. The van der Waals surface area contributed by atoms with E-state index in [1.54, 1.807) is 36.3 Å². The highest BCUT2D eigenvalue weighted by atomic mass is 32.2. The summed E-state index contributed by atoms with van der Waals surface area (Å²) in [5.41, 5.74) is 9.33. The van der Waals surface area contributed by atoms with Crippen LogP contribution in [0.4, 0.5) is 10.8 Å². The summed E-state index contributed by atoms with van der Waals surface area (Å²) in [7, 11) is 1.57. The van der Waals surface area contributed by atoms with Gasteiger partial charge in [-0.3, -0.25) is 14.5 Å². The summed E-state index contributed by atoms with van der Waals surface area (Å²) in [5.74, 6) is 0.837. The number of carbonyl (C=O) groups excluding carboxylic acids is 2. The van der Waals surface area contributed by atoms with Gasteiger partial charge in [-0.1, -0.05) is 49.1 Å². The zero-order valence-corrected chi connectivity index (χ0v) is 26.0. The number of aromatic nitrogens is 2. The number of anilines is 2. The third-order valence-corrected chi connectivity index (χ3v) is 9.21. The molecular formula is C31H32N6O4S2. The van der Waals surface area contributed by atoms with Gasteiger partial charge < -0.3 is 20.5 Å². The van der Waals surface area contributed by atoms with Crippen molar-refractivity contribution in [1.29, 1.82) is 5.26 Å². The van der Waals surface area contributed by atoms with Crippen LogP contribution < -0.4 is 25.4 Å². The standard InChI is InChI=1S/C31H32N6O4S2/c1-5-41-20-11-9-19(10-12-20)34-25(39)17-42-30-36-35-29(43-30)37-23-14-31(2,3)15-24(38)27(23)26(22(16-32)28(37)33)18-7-6-8-21(13-18)40-4/h6-13,26H,5,14-15,17,33H2,1-4H3,(H,34,39). The Balaban J connectivity index is 1.42. The number of nitrogens with two attached hydrogens (primary N) is 1. The maximum atomic E-state index is 13.7. The van der Waals surface area contributed by atoms with Crippen LogP contribution in [0.25, 0.3) is 0 Å². The Kier molecular flexibility index (Phi) is 8.75. The van der Waals surface area contributed by atoms with Crippen molar-refractivity contribution in [2.75, 3.05) is 29.7 Å². The quantitative estimate of drug-likeness (QED) is 0.291. The van der Waals surface area contributed by atoms with Gasteiger partial charge in [-0.2, -0.15) is 5.26 Å². The second kappa shape index (κ2) is 12.5. The van der Waals surface area contributed by atoms with Crippen LogP contribution in [-0.4, -0.2) is 41.4 Å². The first-order valence-corrected chi connectivity index (χ1v) is 15.5. The lowest BCUT2D eigenvalue weighted by Gasteiger charge is -2.42. The van der Waals surface area contributed by atoms with E-state index in [2.05, 4.69) is 21.6 Å². The minimum atomic E-state index is -0.622. The van der Waals surface area contributed by atoms with Gasteiger partial charge in [-0.05, 0) is 60.7 Å². The van der Waals surface area contributed by atoms with E-state index in [9.17, 15) is 14.9 Å². The molecule has 0 saturated carbocycles. The Morgan fingerprint density at radius 3 is 2.67 bits per heavy atom. The molecule has 5 rings (SSSR count). The van der Waals surface area contributed by atoms with Crippen molar-refractivity contribution in [2.24, 2.45) is 11.1 Å². The van der Waals surface area contributed by atoms with Crippen molar-refractivity contribution in [2.45, 2.75) is 43.9 Å². The molecule has 0 radical (unpaired) electrons. The van der Waals surface area contributed by atoms with Crippen molar-refractivity contribution >= 4 is 45.6 Å². The molecule has 0 spiro atoms. The molecule has 2 aromatic carbocycles. The summed E-state index contributed by atoms with van der Waals surface area (Å²) >= 11 is 2.50. The highest BCUT2D eigenvalue weighted by Crippen LogP contribution is 2.51. The molecule has 43 heavy (non-hydrogen) atoms. The lowest BCUT2D eigenvalue weighted by atomic mass is 9.68. The van der Waals surface area contributed by atoms with Gasteiger partial charge >= 0.3 is 0 Å². The predicted molar refractivity (Wildman–Crippen MR) is 167 cm³/mol. The van der Waals surface area contributed by atoms with Gasteiger partial charge in [0.25, 0.3) is 0 Å². The summed E-state index contributed by atoms with van der Waals surface area (Å²) < 4.78 is 11.4. The molecule has 1 aliphatic heterocycles. The van der Waals surface area contributed by atoms with Gasteiger partial charge in [0.2, 0.25) is 11.0 Å². The fourth-order valence-electron chi connectivity index (χ4n) is 5.36. The topological polar surface area (TPSA) is 143 Å². The van der Waals surface area contributed by atoms with Gasteiger partial charge in [0.1, 0.15) is 17.3 Å². The molecule has 1 unspecified atom stereocenters. The average molecular weight is 617 g/mol. The lowest BCUT2D eigenvalue weighted by molar-refractivity contribution is -0.118. The zero-order valence-electron chi connectivity index (χ0n) is 24.3. The van der Waals surface area contributed by atoms with Crippen LogP contribution in [0.3, 0.4) is 0 Å². The fraction of sp³-hybridized carbons (Fsp3) is 0.323. The molecule has 12 heteroatoms. The van der Waals surface area contributed by atoms with E-state index >= 15 is 0 Å². The van der Waals surface area contributed by atoms with Crippen molar-refractivity contribution in [3.05, 3.63) is 76.8 Å². The minimum Gasteiger partial charge on any atom is -0.497 e. The Labute approximate surface area is 258 Å². The molecule has 3 aromatic rings. The van der Waals surface area contributed by atoms with Crippen LogP contribution in [-0.2, 0) is 9.59 Å². The van der Waals surface area contributed by atoms with E-state index < -0.39 is 5.92 Å². The number of carbonyl (C=O) groups is 2. The molecule has 222 valence electrons. The molecule has 1 aromatic heterocycles. The van der Waals surface area contributed by atoms with Crippen LogP contribution in [0.15, 0.2) is 75.5 Å². The van der Waals surface area contributed by atoms with Crippen LogP contribution >= 0.6 is 23.1 Å². The van der Waals surface area contributed by atoms with Crippen LogP contribution in [0.2, 0.25) is 0 Å². The number of thioether (sulfide) groups is 1. The van der Waals surface area contributed by atoms with E-state index in [4.69, 9.17) is 15.2 Å². The van der Waals surface area contributed by atoms with Gasteiger partial charge in [0.05, 0.1) is 37.0 Å². The third kappa shape index (κ3) is 6.38. The van der Waals surface area contributed by atoms with E-state index in [1.165, 1.54) is 23.1 Å². The summed E-state index contributed by atoms with van der Waals surface area (Å²) in [6.07, 6.45) is 0.903. The number of methoxy groups -OCH3 is 1. The summed E-state index contributed by atoms with van der Waals surface area (Å²) in [4.78, 5) is 28.1. The average Bonchev–Trinajstić information content (AvgIpc) is 3.44. The zero-order chi connectivity index (χ0) is 30.7. The molecule has 0 fully saturated rings. The summed E-state index contributed by atoms with van der Waals surface area (Å²) in [6.45, 7) is 6.56. The first-order valence-electron chi connectivity index (χ1n) is 13.7. The Morgan fingerprint density at radius 2 is 1.98 bits per heavy atom. The van der Waals surface area contributed by atoms with Crippen molar-refractivity contribution in [1.82, 2.24) is 10.2 Å². The van der Waals surface area contributed by atoms with Crippen molar-refractivity contribution in [3.8, 4) is 17.6 Å². The largest absolute Gasteiger partial charge is 0.497 e. The first-order chi connectivity index (χ1) is 20.6. The minimum absolute atomic E-state index is 0.0330. The molecule has 0 saturated heterocycles. The fourth-order valence-corrected chi connectivity index (χ4v) is 7.04. The van der Waals surface area contributed by atoms with E-state index in [0.29, 0.717) is 51.6 Å². The molecule has 2 heterocycles. The van der Waals surface area contributed by atoms with Gasteiger partial charge in [0.15, 0.2) is 10.1 Å². The molecule has 0 bridgehead atoms. The van der Waals surface area contributed by atoms with E-state index in [1.807, 2.05) is 45.0 Å². The number of benzene rings is 2. The van der Waals surface area contributed by atoms with Crippen molar-refractivity contribution < 1.29 is 19.1 Å². The van der Waals surface area contributed by atoms with E-state index in [-0.39, 0.29) is 34.3 Å². The highest BCUT2D eigenvalue weighted by molar-refractivity contribution is 8.01. The SMILES string of the molecule is CCOc1ccc(NC(=O)CSc2nnc(N3C(N)=C(C#N)C(c4cccc(OC)c4)C4=C3CC(C)(C)CC4=O)s2)cc1. The predicted octanol–water partition coefficient (Wildman–Crippen LogP) is 5.62. The van der Waals surface area contributed by atoms with Crippen molar-refractivity contribution in [3.63, 3.8) is 0 Å². The smallest absolute Gasteiger partial charge is 0.234 e. The normalized spacial score (nSPS) is 17.8. The lowest BCUT2D eigenvalue weighted by Crippen LogP contribution is -2.42. The Morgan fingerprint density at radius 1 is 1.21 bits per heavy atom. The second-order valence-corrected chi connectivity index (χ2v) is 13.1. The molecule has 10 nitrogen and oxygen atoms in total. The second-order valence-electron chi connectivity index (χ2n) is 10.9. The molecule has 1 atom stereocenters. The number of nitrogens with zero attached hydrogens (tertiary/aromatic N) is 4.